The molecule has 0 spiro atoms. The van der Waals surface area contributed by atoms with Gasteiger partial charge in [-0.1, -0.05) is 18.2 Å². The number of fused-ring (bicyclic) bond motifs is 2. The van der Waals surface area contributed by atoms with Gasteiger partial charge in [0.05, 0.1) is 18.8 Å². The third kappa shape index (κ3) is 6.53. The van der Waals surface area contributed by atoms with E-state index in [1.165, 1.54) is 0 Å². The smallest absolute Gasteiger partial charge is 0.340 e. The minimum atomic E-state index is -0.869. The van der Waals surface area contributed by atoms with E-state index in [1.54, 1.807) is 38.1 Å². The second kappa shape index (κ2) is 11.2. The molecular weight excluding hydrogens is 580 g/mol. The summed E-state index contributed by atoms with van der Waals surface area (Å²) in [4.78, 5) is 24.2. The van der Waals surface area contributed by atoms with Crippen LogP contribution >= 0.6 is 0 Å². The Morgan fingerprint density at radius 2 is 1.20 bits per heavy atom. The van der Waals surface area contributed by atoms with Crippen LogP contribution in [0, 0.1) is 0 Å². The maximum absolute atomic E-state index is 12.4. The number of cyclic esters (lactones) is 1. The molecule has 0 saturated carbocycles. The summed E-state index contributed by atoms with van der Waals surface area (Å²) in [7, 11) is 0. The lowest BCUT2D eigenvalue weighted by atomic mass is 10.1. The first kappa shape index (κ1) is 31.8. The number of hydrogen-bond acceptors (Lipinski definition) is 13. The molecule has 6 fully saturated rings. The van der Waals surface area contributed by atoms with Gasteiger partial charge < -0.3 is 52.1 Å². The third-order valence-electron chi connectivity index (χ3n) is 8.01. The fraction of sp³-hybridized carbons (Fsp3) is 0.742. The molecule has 0 amide bonds. The van der Waals surface area contributed by atoms with Gasteiger partial charge in [0.15, 0.2) is 41.5 Å². The van der Waals surface area contributed by atoms with Crippen LogP contribution in [0.1, 0.15) is 65.7 Å². The van der Waals surface area contributed by atoms with Crippen molar-refractivity contribution in [3.05, 3.63) is 35.9 Å². The lowest BCUT2D eigenvalue weighted by Gasteiger charge is -2.26. The predicted molar refractivity (Wildman–Crippen MR) is 148 cm³/mol. The summed E-state index contributed by atoms with van der Waals surface area (Å²) in [6.45, 7) is 15.3. The Kier molecular flexibility index (Phi) is 8.12. The van der Waals surface area contributed by atoms with E-state index >= 15 is 0 Å². The summed E-state index contributed by atoms with van der Waals surface area (Å²) >= 11 is 0. The molecule has 44 heavy (non-hydrogen) atoms. The summed E-state index contributed by atoms with van der Waals surface area (Å²) in [5.74, 6) is -3.73. The van der Waals surface area contributed by atoms with Crippen LogP contribution in [-0.4, -0.2) is 103 Å². The van der Waals surface area contributed by atoms with E-state index in [0.29, 0.717) is 18.8 Å². The van der Waals surface area contributed by atoms with Crippen LogP contribution in [0.2, 0.25) is 0 Å². The second-order valence-corrected chi connectivity index (χ2v) is 13.5. The Bertz CT molecular complexity index is 1230. The topological polar surface area (TPSA) is 136 Å². The Hall–Kier alpha value is -2.20. The van der Waals surface area contributed by atoms with Gasteiger partial charge in [-0.3, -0.25) is 0 Å². The average Bonchev–Trinajstić information content (AvgIpc) is 3.75. The lowest BCUT2D eigenvalue weighted by molar-refractivity contribution is -0.235. The minimum Gasteiger partial charge on any atom is -0.455 e. The number of rotatable bonds is 4. The van der Waals surface area contributed by atoms with Crippen LogP contribution in [-0.2, 0) is 56.9 Å². The van der Waals surface area contributed by atoms with Gasteiger partial charge in [0.1, 0.15) is 30.5 Å². The first-order valence-electron chi connectivity index (χ1n) is 15.0. The molecule has 6 heterocycles. The first-order valence-corrected chi connectivity index (χ1v) is 15.0. The Morgan fingerprint density at radius 1 is 0.659 bits per heavy atom. The number of carbonyl (C=O) groups is 2. The van der Waals surface area contributed by atoms with Crippen molar-refractivity contribution in [1.82, 2.24) is 0 Å². The summed E-state index contributed by atoms with van der Waals surface area (Å²) in [5, 5.41) is 0. The number of benzene rings is 1. The predicted octanol–water partition coefficient (Wildman–Crippen LogP) is 2.82. The van der Waals surface area contributed by atoms with Gasteiger partial charge in [0.25, 0.3) is 0 Å². The molecule has 0 radical (unpaired) electrons. The van der Waals surface area contributed by atoms with E-state index in [-0.39, 0.29) is 18.2 Å². The summed E-state index contributed by atoms with van der Waals surface area (Å²) in [5.41, 5.74) is 0.454. The minimum absolute atomic E-state index is 0.309. The SMILES string of the molecule is CC1(C)OCC([C@@H]2OC(=O)C3OC(C)(C)OC32)O1.CC1(C)OCC([C@@H]2OC(OC(=O)c3ccccc3)C3OC(C)(C)OC32)O1. The lowest BCUT2D eigenvalue weighted by Crippen LogP contribution is -2.40. The highest BCUT2D eigenvalue weighted by atomic mass is 16.8. The molecule has 7 unspecified atom stereocenters. The monoisotopic (exact) mass is 622 g/mol. The highest BCUT2D eigenvalue weighted by Crippen LogP contribution is 2.43. The zero-order chi connectivity index (χ0) is 31.7. The molecule has 6 aliphatic rings. The molecule has 244 valence electrons. The molecule has 9 atom stereocenters. The van der Waals surface area contributed by atoms with Crippen LogP contribution in [0.15, 0.2) is 30.3 Å². The highest BCUT2D eigenvalue weighted by molar-refractivity contribution is 5.89. The van der Waals surface area contributed by atoms with Crippen LogP contribution in [0.3, 0.4) is 0 Å². The van der Waals surface area contributed by atoms with Crippen molar-refractivity contribution in [2.75, 3.05) is 13.2 Å². The number of hydrogen-bond donors (Lipinski definition) is 0. The molecule has 0 bridgehead atoms. The van der Waals surface area contributed by atoms with Crippen molar-refractivity contribution in [1.29, 1.82) is 0 Å². The number of esters is 2. The third-order valence-corrected chi connectivity index (χ3v) is 8.01. The van der Waals surface area contributed by atoms with Gasteiger partial charge in [-0.15, -0.1) is 0 Å². The van der Waals surface area contributed by atoms with E-state index in [2.05, 4.69) is 0 Å². The Balaban J connectivity index is 0.000000167. The van der Waals surface area contributed by atoms with E-state index in [0.717, 1.165) is 0 Å². The highest BCUT2D eigenvalue weighted by Gasteiger charge is 2.61. The maximum atomic E-state index is 12.4. The van der Waals surface area contributed by atoms with Crippen LogP contribution in [0.5, 0.6) is 0 Å². The molecule has 13 nitrogen and oxygen atoms in total. The van der Waals surface area contributed by atoms with Gasteiger partial charge in [0.2, 0.25) is 6.29 Å². The van der Waals surface area contributed by atoms with Crippen molar-refractivity contribution in [3.8, 4) is 0 Å². The molecule has 6 saturated heterocycles. The van der Waals surface area contributed by atoms with Crippen molar-refractivity contribution in [2.45, 2.75) is 134 Å². The fourth-order valence-corrected chi connectivity index (χ4v) is 6.26. The molecular formula is C31H42O13. The average molecular weight is 623 g/mol. The van der Waals surface area contributed by atoms with Crippen LogP contribution in [0.25, 0.3) is 0 Å². The zero-order valence-corrected chi connectivity index (χ0v) is 26.3. The van der Waals surface area contributed by atoms with E-state index in [9.17, 15) is 9.59 Å². The van der Waals surface area contributed by atoms with E-state index in [4.69, 9.17) is 52.1 Å². The molecule has 7 rings (SSSR count). The Labute approximate surface area is 256 Å². The van der Waals surface area contributed by atoms with Crippen molar-refractivity contribution in [2.24, 2.45) is 0 Å². The molecule has 6 aliphatic heterocycles. The standard InChI is InChI=1S/C19H24O7.C12H18O6/c1-18(2)21-10-12(24-18)13-14-15(26-19(3,4)25-14)17(22-13)23-16(20)11-8-6-5-7-9-11;1-11(2)14-5-6(16-11)7-8-9(10(13)15-7)18-12(3,4)17-8/h5-9,12-15,17H,10H2,1-4H3;6-9H,5H2,1-4H3/t12?,13-,14?,15?,17?;6?,7-,8?,9?/m00/s1. The number of carbonyl (C=O) groups excluding carboxylic acids is 2. The summed E-state index contributed by atoms with van der Waals surface area (Å²) in [6.07, 6.45) is -4.41. The normalized spacial score (nSPS) is 40.5. The van der Waals surface area contributed by atoms with Crippen molar-refractivity contribution in [3.63, 3.8) is 0 Å². The molecule has 1 aromatic rings. The molecule has 0 N–H and O–H groups in total. The van der Waals surface area contributed by atoms with Crippen LogP contribution < -0.4 is 0 Å². The second-order valence-electron chi connectivity index (χ2n) is 13.5. The van der Waals surface area contributed by atoms with Gasteiger partial charge in [-0.2, -0.15) is 0 Å². The number of ether oxygens (including phenoxy) is 11. The quantitative estimate of drug-likeness (QED) is 0.456. The summed E-state index contributed by atoms with van der Waals surface area (Å²) < 4.78 is 62.9. The summed E-state index contributed by atoms with van der Waals surface area (Å²) in [6, 6.07) is 8.78. The maximum Gasteiger partial charge on any atom is 0.340 e. The van der Waals surface area contributed by atoms with Gasteiger partial charge in [0, 0.05) is 0 Å². The fourth-order valence-electron chi connectivity index (χ4n) is 6.26. The largest absolute Gasteiger partial charge is 0.455 e. The van der Waals surface area contributed by atoms with Gasteiger partial charge in [-0.05, 0) is 67.5 Å². The van der Waals surface area contributed by atoms with Gasteiger partial charge >= 0.3 is 11.9 Å². The van der Waals surface area contributed by atoms with Crippen molar-refractivity contribution >= 4 is 11.9 Å². The van der Waals surface area contributed by atoms with Crippen molar-refractivity contribution < 1.29 is 61.7 Å². The molecule has 13 heteroatoms. The first-order chi connectivity index (χ1) is 20.5. The van der Waals surface area contributed by atoms with Gasteiger partial charge in [-0.25, -0.2) is 9.59 Å². The van der Waals surface area contributed by atoms with Crippen LogP contribution in [0.4, 0.5) is 0 Å². The molecule has 0 aliphatic carbocycles. The van der Waals surface area contributed by atoms with E-state index < -0.39 is 72.0 Å². The molecule has 1 aromatic carbocycles. The molecule has 0 aromatic heterocycles. The zero-order valence-electron chi connectivity index (χ0n) is 26.3. The Morgan fingerprint density at radius 3 is 1.80 bits per heavy atom. The van der Waals surface area contributed by atoms with E-state index in [1.807, 2.05) is 47.6 Å².